The smallest absolute Gasteiger partial charge is 0.399 e. The molecule has 72 valence electrons. The van der Waals surface area contributed by atoms with E-state index >= 15 is 0 Å². The minimum absolute atomic E-state index is 0.276. The summed E-state index contributed by atoms with van der Waals surface area (Å²) < 4.78 is 4.80. The number of nitrogens with two attached hydrogens (primary N) is 1. The van der Waals surface area contributed by atoms with Gasteiger partial charge in [0, 0.05) is 11.3 Å². The van der Waals surface area contributed by atoms with Gasteiger partial charge in [-0.05, 0) is 30.7 Å². The molecule has 2 rings (SSSR count). The van der Waals surface area contributed by atoms with Gasteiger partial charge in [-0.3, -0.25) is 0 Å². The largest absolute Gasteiger partial charge is 0.434 e. The van der Waals surface area contributed by atoms with E-state index in [2.05, 4.69) is 10.2 Å². The Labute approximate surface area is 79.6 Å². The Kier molecular flexibility index (Phi) is 1.85. The van der Waals surface area contributed by atoms with Crippen LogP contribution in [0.1, 0.15) is 5.56 Å². The molecule has 0 saturated carbocycles. The molecule has 3 N–H and O–H groups in total. The number of rotatable bonds is 1. The molecule has 0 saturated heterocycles. The van der Waals surface area contributed by atoms with E-state index in [4.69, 9.17) is 10.2 Å². The molecule has 0 fully saturated rings. The van der Waals surface area contributed by atoms with Crippen LogP contribution in [0.5, 0.6) is 0 Å². The van der Waals surface area contributed by atoms with Crippen molar-refractivity contribution >= 4 is 5.69 Å². The molecule has 5 nitrogen and oxygen atoms in total. The van der Waals surface area contributed by atoms with Crippen LogP contribution in [0.2, 0.25) is 0 Å². The zero-order chi connectivity index (χ0) is 10.1. The molecule has 0 aliphatic rings. The highest BCUT2D eigenvalue weighted by molar-refractivity contribution is 5.60. The molecule has 0 radical (unpaired) electrons. The molecule has 0 aliphatic heterocycles. The maximum absolute atomic E-state index is 10.7. The molecule has 0 atom stereocenters. The summed E-state index contributed by atoms with van der Waals surface area (Å²) in [5.74, 6) is -0.285. The Hall–Kier alpha value is -2.04. The summed E-state index contributed by atoms with van der Waals surface area (Å²) in [5, 5.41) is 5.91. The third kappa shape index (κ3) is 1.39. The van der Waals surface area contributed by atoms with E-state index in [1.54, 1.807) is 12.1 Å². The number of aromatic amines is 1. The number of aryl methyl sites for hydroxylation is 1. The lowest BCUT2D eigenvalue weighted by molar-refractivity contribution is 0.527. The summed E-state index contributed by atoms with van der Waals surface area (Å²) in [6.07, 6.45) is 0. The van der Waals surface area contributed by atoms with Gasteiger partial charge in [-0.1, -0.05) is 0 Å². The summed E-state index contributed by atoms with van der Waals surface area (Å²) in [6.45, 7) is 1.88. The number of anilines is 1. The van der Waals surface area contributed by atoms with E-state index < -0.39 is 5.76 Å². The standard InChI is InChI=1S/C9H9N3O2/c1-5-4-6(2-3-7(5)10)8-11-12-9(13)14-8/h2-4H,10H2,1H3,(H,12,13). The second-order valence-electron chi connectivity index (χ2n) is 2.99. The van der Waals surface area contributed by atoms with Gasteiger partial charge in [0.05, 0.1) is 0 Å². The van der Waals surface area contributed by atoms with Crippen molar-refractivity contribution < 1.29 is 4.42 Å². The monoisotopic (exact) mass is 191 g/mol. The number of nitrogens with zero attached hydrogens (tertiary/aromatic N) is 1. The van der Waals surface area contributed by atoms with Crippen molar-refractivity contribution in [3.8, 4) is 11.5 Å². The van der Waals surface area contributed by atoms with Gasteiger partial charge in [-0.15, -0.1) is 5.10 Å². The second-order valence-corrected chi connectivity index (χ2v) is 2.99. The normalized spacial score (nSPS) is 10.4. The fourth-order valence-electron chi connectivity index (χ4n) is 1.16. The Bertz CT molecular complexity index is 513. The number of nitrogens with one attached hydrogen (secondary N) is 1. The van der Waals surface area contributed by atoms with E-state index in [0.717, 1.165) is 11.1 Å². The first-order valence-corrected chi connectivity index (χ1v) is 4.09. The maximum atomic E-state index is 10.7. The minimum atomic E-state index is -0.561. The number of hydrogen-bond acceptors (Lipinski definition) is 4. The first-order chi connectivity index (χ1) is 6.66. The lowest BCUT2D eigenvalue weighted by atomic mass is 10.1. The van der Waals surface area contributed by atoms with Crippen molar-refractivity contribution in [3.63, 3.8) is 0 Å². The van der Waals surface area contributed by atoms with Crippen molar-refractivity contribution in [2.45, 2.75) is 6.92 Å². The maximum Gasteiger partial charge on any atom is 0.434 e. The first kappa shape index (κ1) is 8.55. The SMILES string of the molecule is Cc1cc(-c2n[nH]c(=O)o2)ccc1N. The number of H-pyrrole nitrogens is 1. The lowest BCUT2D eigenvalue weighted by Crippen LogP contribution is -1.93. The summed E-state index contributed by atoms with van der Waals surface area (Å²) in [7, 11) is 0. The molecule has 0 spiro atoms. The third-order valence-corrected chi connectivity index (χ3v) is 1.95. The number of hydrogen-bond donors (Lipinski definition) is 2. The van der Waals surface area contributed by atoms with Crippen LogP contribution in [0, 0.1) is 6.92 Å². The van der Waals surface area contributed by atoms with Crippen LogP contribution in [-0.2, 0) is 0 Å². The molecule has 0 unspecified atom stereocenters. The Balaban J connectivity index is 2.52. The topological polar surface area (TPSA) is 84.9 Å². The van der Waals surface area contributed by atoms with Gasteiger partial charge in [0.1, 0.15) is 0 Å². The highest BCUT2D eigenvalue weighted by atomic mass is 16.4. The Morgan fingerprint density at radius 1 is 1.50 bits per heavy atom. The molecular weight excluding hydrogens is 182 g/mol. The van der Waals surface area contributed by atoms with Crippen LogP contribution in [0.25, 0.3) is 11.5 Å². The predicted octanol–water partition coefficient (Wildman–Crippen LogP) is 0.921. The van der Waals surface area contributed by atoms with Crippen LogP contribution in [0.3, 0.4) is 0 Å². The van der Waals surface area contributed by atoms with Crippen LogP contribution >= 0.6 is 0 Å². The molecule has 14 heavy (non-hydrogen) atoms. The van der Waals surface area contributed by atoms with Crippen molar-refractivity contribution in [2.24, 2.45) is 0 Å². The molecule has 0 bridgehead atoms. The molecule has 0 amide bonds. The van der Waals surface area contributed by atoms with Gasteiger partial charge in [-0.2, -0.15) is 0 Å². The summed E-state index contributed by atoms with van der Waals surface area (Å²) >= 11 is 0. The van der Waals surface area contributed by atoms with Crippen LogP contribution in [0.4, 0.5) is 5.69 Å². The van der Waals surface area contributed by atoms with Gasteiger partial charge >= 0.3 is 5.76 Å². The van der Waals surface area contributed by atoms with Gasteiger partial charge in [-0.25, -0.2) is 9.89 Å². The summed E-state index contributed by atoms with van der Waals surface area (Å²) in [6, 6.07) is 5.31. The average molecular weight is 191 g/mol. The lowest BCUT2D eigenvalue weighted by Gasteiger charge is -2.00. The van der Waals surface area contributed by atoms with Gasteiger partial charge in [0.2, 0.25) is 5.89 Å². The van der Waals surface area contributed by atoms with Crippen molar-refractivity contribution in [1.82, 2.24) is 10.2 Å². The van der Waals surface area contributed by atoms with Crippen LogP contribution < -0.4 is 11.5 Å². The molecule has 5 heteroatoms. The third-order valence-electron chi connectivity index (χ3n) is 1.95. The quantitative estimate of drug-likeness (QED) is 0.656. The molecule has 1 aromatic carbocycles. The van der Waals surface area contributed by atoms with Gasteiger partial charge < -0.3 is 10.2 Å². The minimum Gasteiger partial charge on any atom is -0.399 e. The second kappa shape index (κ2) is 3.02. The van der Waals surface area contributed by atoms with E-state index in [1.165, 1.54) is 0 Å². The number of nitrogen functional groups attached to an aromatic ring is 1. The molecule has 1 aromatic heterocycles. The first-order valence-electron chi connectivity index (χ1n) is 4.09. The van der Waals surface area contributed by atoms with Crippen molar-refractivity contribution in [3.05, 3.63) is 34.3 Å². The highest BCUT2D eigenvalue weighted by Gasteiger charge is 2.05. The molecule has 1 heterocycles. The van der Waals surface area contributed by atoms with Crippen molar-refractivity contribution in [2.75, 3.05) is 5.73 Å². The van der Waals surface area contributed by atoms with E-state index in [0.29, 0.717) is 5.69 Å². The molecule has 2 aromatic rings. The fraction of sp³-hybridized carbons (Fsp3) is 0.111. The number of aromatic nitrogens is 2. The highest BCUT2D eigenvalue weighted by Crippen LogP contribution is 2.20. The van der Waals surface area contributed by atoms with E-state index in [-0.39, 0.29) is 5.89 Å². The zero-order valence-electron chi connectivity index (χ0n) is 7.57. The Morgan fingerprint density at radius 3 is 2.86 bits per heavy atom. The van der Waals surface area contributed by atoms with E-state index in [1.807, 2.05) is 13.0 Å². The Morgan fingerprint density at radius 2 is 2.29 bits per heavy atom. The number of benzene rings is 1. The average Bonchev–Trinajstić information content (AvgIpc) is 2.57. The van der Waals surface area contributed by atoms with E-state index in [9.17, 15) is 4.79 Å². The summed E-state index contributed by atoms with van der Waals surface area (Å²) in [4.78, 5) is 10.7. The zero-order valence-corrected chi connectivity index (χ0v) is 7.57. The predicted molar refractivity (Wildman–Crippen MR) is 51.7 cm³/mol. The van der Waals surface area contributed by atoms with Crippen molar-refractivity contribution in [1.29, 1.82) is 0 Å². The van der Waals surface area contributed by atoms with Gasteiger partial charge in [0.15, 0.2) is 0 Å². The summed E-state index contributed by atoms with van der Waals surface area (Å²) in [5.41, 5.74) is 8.01. The van der Waals surface area contributed by atoms with Crippen LogP contribution in [0.15, 0.2) is 27.4 Å². The molecule has 0 aliphatic carbocycles. The molecular formula is C9H9N3O2. The van der Waals surface area contributed by atoms with Crippen LogP contribution in [-0.4, -0.2) is 10.2 Å². The van der Waals surface area contributed by atoms with Gasteiger partial charge in [0.25, 0.3) is 0 Å². The fourth-order valence-corrected chi connectivity index (χ4v) is 1.16.